The van der Waals surface area contributed by atoms with Crippen molar-refractivity contribution in [3.8, 4) is 0 Å². The van der Waals surface area contributed by atoms with E-state index in [1.54, 1.807) is 49.8 Å². The number of amides is 1. The normalized spacial score (nSPS) is 13.8. The zero-order valence-electron chi connectivity index (χ0n) is 10.7. The van der Waals surface area contributed by atoms with Gasteiger partial charge in [0.25, 0.3) is 5.91 Å². The van der Waals surface area contributed by atoms with Crippen molar-refractivity contribution >= 4 is 5.91 Å². The van der Waals surface area contributed by atoms with E-state index in [9.17, 15) is 9.90 Å². The third-order valence-corrected chi connectivity index (χ3v) is 2.71. The number of hydrogen-bond acceptors (Lipinski definition) is 4. The summed E-state index contributed by atoms with van der Waals surface area (Å²) in [6, 6.07) is 6.80. The Labute approximate surface area is 111 Å². The molecule has 5 nitrogen and oxygen atoms in total. The minimum atomic E-state index is -1.06. The lowest BCUT2D eigenvalue weighted by atomic mass is 10.0. The fourth-order valence-corrected chi connectivity index (χ4v) is 1.73. The van der Waals surface area contributed by atoms with Crippen LogP contribution in [0.2, 0.25) is 0 Å². The van der Waals surface area contributed by atoms with Gasteiger partial charge in [-0.2, -0.15) is 0 Å². The molecule has 2 N–H and O–H groups in total. The molecule has 19 heavy (non-hydrogen) atoms. The minimum absolute atomic E-state index is 0.148. The van der Waals surface area contributed by atoms with Gasteiger partial charge in [0.2, 0.25) is 0 Å². The molecule has 0 spiro atoms. The van der Waals surface area contributed by atoms with Crippen LogP contribution in [0, 0.1) is 0 Å². The van der Waals surface area contributed by atoms with E-state index in [0.717, 1.165) is 0 Å². The molecule has 0 fully saturated rings. The van der Waals surface area contributed by atoms with Crippen molar-refractivity contribution in [3.63, 3.8) is 0 Å². The molecule has 2 rings (SSSR count). The van der Waals surface area contributed by atoms with E-state index in [0.29, 0.717) is 17.7 Å². The summed E-state index contributed by atoms with van der Waals surface area (Å²) in [5.74, 6) is 0.449. The Balaban J connectivity index is 1.89. The van der Waals surface area contributed by atoms with Crippen LogP contribution in [0.5, 0.6) is 0 Å². The lowest BCUT2D eigenvalue weighted by molar-refractivity contribution is 0.0510. The van der Waals surface area contributed by atoms with Gasteiger partial charge in [-0.15, -0.1) is 0 Å². The van der Waals surface area contributed by atoms with Gasteiger partial charge in [-0.1, -0.05) is 0 Å². The SMILES string of the molecule is CC(O)(CNC(=O)c1ccncc1)Cc1ccco1. The molecule has 0 bridgehead atoms. The average molecular weight is 260 g/mol. The van der Waals surface area contributed by atoms with Gasteiger partial charge in [0.1, 0.15) is 5.76 Å². The number of hydrogen-bond donors (Lipinski definition) is 2. The van der Waals surface area contributed by atoms with Crippen LogP contribution in [0.15, 0.2) is 47.3 Å². The Morgan fingerprint density at radius 1 is 1.42 bits per heavy atom. The zero-order chi connectivity index (χ0) is 13.7. The predicted octanol–water partition coefficient (Wildman–Crippen LogP) is 1.40. The largest absolute Gasteiger partial charge is 0.469 e. The summed E-state index contributed by atoms with van der Waals surface area (Å²) >= 11 is 0. The summed E-state index contributed by atoms with van der Waals surface area (Å²) in [4.78, 5) is 15.7. The second-order valence-corrected chi connectivity index (χ2v) is 4.67. The van der Waals surface area contributed by atoms with Crippen LogP contribution in [0.25, 0.3) is 0 Å². The van der Waals surface area contributed by atoms with Crippen molar-refractivity contribution in [3.05, 3.63) is 54.2 Å². The quantitative estimate of drug-likeness (QED) is 0.852. The summed E-state index contributed by atoms with van der Waals surface area (Å²) in [5, 5.41) is 12.9. The molecule has 0 aliphatic rings. The van der Waals surface area contributed by atoms with Crippen molar-refractivity contribution < 1.29 is 14.3 Å². The van der Waals surface area contributed by atoms with Gasteiger partial charge in [0, 0.05) is 30.9 Å². The molecule has 0 radical (unpaired) electrons. The highest BCUT2D eigenvalue weighted by atomic mass is 16.3. The van der Waals surface area contributed by atoms with Crippen LogP contribution >= 0.6 is 0 Å². The summed E-state index contributed by atoms with van der Waals surface area (Å²) < 4.78 is 5.18. The van der Waals surface area contributed by atoms with E-state index in [1.165, 1.54) is 0 Å². The Hall–Kier alpha value is -2.14. The van der Waals surface area contributed by atoms with E-state index in [4.69, 9.17) is 4.42 Å². The molecule has 0 aliphatic carbocycles. The van der Waals surface area contributed by atoms with Crippen molar-refractivity contribution in [1.82, 2.24) is 10.3 Å². The molecule has 2 heterocycles. The van der Waals surface area contributed by atoms with E-state index < -0.39 is 5.60 Å². The molecule has 0 aromatic carbocycles. The summed E-state index contributed by atoms with van der Waals surface area (Å²) in [6.45, 7) is 1.80. The van der Waals surface area contributed by atoms with Gasteiger partial charge in [-0.25, -0.2) is 0 Å². The number of furan rings is 1. The molecule has 0 aliphatic heterocycles. The highest BCUT2D eigenvalue weighted by Gasteiger charge is 2.23. The first-order chi connectivity index (χ1) is 9.07. The molecule has 1 amide bonds. The lowest BCUT2D eigenvalue weighted by Gasteiger charge is -2.22. The van der Waals surface area contributed by atoms with Crippen molar-refractivity contribution in [2.45, 2.75) is 18.9 Å². The first kappa shape index (κ1) is 13.3. The maximum atomic E-state index is 11.8. The number of aliphatic hydroxyl groups is 1. The topological polar surface area (TPSA) is 75.4 Å². The smallest absolute Gasteiger partial charge is 0.251 e. The molecule has 5 heteroatoms. The summed E-state index contributed by atoms with van der Waals surface area (Å²) in [6.07, 6.45) is 5.00. The van der Waals surface area contributed by atoms with Gasteiger partial charge >= 0.3 is 0 Å². The third kappa shape index (κ3) is 3.93. The second kappa shape index (κ2) is 5.67. The molecule has 0 saturated heterocycles. The Bertz CT molecular complexity index is 521. The Morgan fingerprint density at radius 2 is 2.16 bits per heavy atom. The maximum Gasteiger partial charge on any atom is 0.251 e. The van der Waals surface area contributed by atoms with Crippen molar-refractivity contribution in [1.29, 1.82) is 0 Å². The number of rotatable bonds is 5. The highest BCUT2D eigenvalue weighted by Crippen LogP contribution is 2.13. The molecule has 2 aromatic rings. The molecule has 1 unspecified atom stereocenters. The molecule has 1 atom stereocenters. The predicted molar refractivity (Wildman–Crippen MR) is 69.6 cm³/mol. The Kier molecular flexibility index (Phi) is 3.97. The van der Waals surface area contributed by atoms with Crippen molar-refractivity contribution in [2.75, 3.05) is 6.54 Å². The molecule has 100 valence electrons. The van der Waals surface area contributed by atoms with Crippen LogP contribution < -0.4 is 5.32 Å². The van der Waals surface area contributed by atoms with Gasteiger partial charge in [-0.3, -0.25) is 9.78 Å². The van der Waals surface area contributed by atoms with E-state index in [2.05, 4.69) is 10.3 Å². The number of pyridine rings is 1. The first-order valence-corrected chi connectivity index (χ1v) is 6.00. The number of aromatic nitrogens is 1. The van der Waals surface area contributed by atoms with Crippen LogP contribution in [0.1, 0.15) is 23.0 Å². The maximum absolute atomic E-state index is 11.8. The van der Waals surface area contributed by atoms with Crippen LogP contribution in [0.4, 0.5) is 0 Å². The van der Waals surface area contributed by atoms with Crippen LogP contribution in [-0.4, -0.2) is 28.1 Å². The van der Waals surface area contributed by atoms with E-state index in [-0.39, 0.29) is 12.5 Å². The monoisotopic (exact) mass is 260 g/mol. The van der Waals surface area contributed by atoms with Gasteiger partial charge in [0.15, 0.2) is 0 Å². The standard InChI is InChI=1S/C14H16N2O3/c1-14(18,9-12-3-2-8-19-12)10-16-13(17)11-4-6-15-7-5-11/h2-8,18H,9-10H2,1H3,(H,16,17). The first-order valence-electron chi connectivity index (χ1n) is 6.00. The van der Waals surface area contributed by atoms with E-state index >= 15 is 0 Å². The van der Waals surface area contributed by atoms with E-state index in [1.807, 2.05) is 0 Å². The molecular formula is C14H16N2O3. The van der Waals surface area contributed by atoms with Crippen LogP contribution in [-0.2, 0) is 6.42 Å². The minimum Gasteiger partial charge on any atom is -0.469 e. The molecule has 2 aromatic heterocycles. The lowest BCUT2D eigenvalue weighted by Crippen LogP contribution is -2.42. The zero-order valence-corrected chi connectivity index (χ0v) is 10.7. The Morgan fingerprint density at radius 3 is 2.79 bits per heavy atom. The highest BCUT2D eigenvalue weighted by molar-refractivity contribution is 5.93. The number of nitrogens with zero attached hydrogens (tertiary/aromatic N) is 1. The third-order valence-electron chi connectivity index (χ3n) is 2.71. The molecular weight excluding hydrogens is 244 g/mol. The average Bonchev–Trinajstić information content (AvgIpc) is 2.89. The van der Waals surface area contributed by atoms with Gasteiger partial charge in [-0.05, 0) is 31.2 Å². The fraction of sp³-hybridized carbons (Fsp3) is 0.286. The van der Waals surface area contributed by atoms with Gasteiger partial charge < -0.3 is 14.8 Å². The molecule has 0 saturated carbocycles. The second-order valence-electron chi connectivity index (χ2n) is 4.67. The van der Waals surface area contributed by atoms with Crippen LogP contribution in [0.3, 0.4) is 0 Å². The number of carbonyl (C=O) groups is 1. The van der Waals surface area contributed by atoms with Gasteiger partial charge in [0.05, 0.1) is 11.9 Å². The van der Waals surface area contributed by atoms with Crippen molar-refractivity contribution in [2.24, 2.45) is 0 Å². The summed E-state index contributed by atoms with van der Waals surface area (Å²) in [5.41, 5.74) is -0.538. The fourth-order valence-electron chi connectivity index (χ4n) is 1.73. The number of carbonyl (C=O) groups excluding carboxylic acids is 1. The number of nitrogens with one attached hydrogen (secondary N) is 1. The summed E-state index contributed by atoms with van der Waals surface area (Å²) in [7, 11) is 0.